The van der Waals surface area contributed by atoms with Crippen LogP contribution in [0.2, 0.25) is 0 Å². The van der Waals surface area contributed by atoms with Crippen molar-refractivity contribution < 1.29 is 19.2 Å². The first-order chi connectivity index (χ1) is 12.8. The lowest BCUT2D eigenvalue weighted by Crippen LogP contribution is -2.27. The Morgan fingerprint density at radius 3 is 2.30 bits per heavy atom. The molecule has 0 radical (unpaired) electrons. The Hall–Kier alpha value is -3.68. The molecule has 0 saturated carbocycles. The molecule has 8 nitrogen and oxygen atoms in total. The zero-order chi connectivity index (χ0) is 19.8. The first kappa shape index (κ1) is 19.6. The van der Waals surface area contributed by atoms with Crippen LogP contribution in [-0.2, 0) is 9.59 Å². The number of nitro groups is 1. The minimum atomic E-state index is -0.482. The standard InChI is InChI=1S/C19H19N3O5/c1-21(2)19(24)13-27-17-10-6-15(7-11-17)20-18(23)12-5-14-3-8-16(9-4-14)22(25)26/h3-12H,13H2,1-2H3,(H,20,23)/b12-5+. The molecule has 140 valence electrons. The van der Waals surface area contributed by atoms with E-state index in [1.165, 1.54) is 23.1 Å². The van der Waals surface area contributed by atoms with Crippen LogP contribution in [0.5, 0.6) is 5.75 Å². The molecule has 0 aliphatic rings. The number of carbonyl (C=O) groups is 2. The van der Waals surface area contributed by atoms with Crippen molar-refractivity contribution in [2.45, 2.75) is 0 Å². The van der Waals surface area contributed by atoms with E-state index in [0.29, 0.717) is 17.0 Å². The van der Waals surface area contributed by atoms with Crippen LogP contribution in [0.25, 0.3) is 6.08 Å². The van der Waals surface area contributed by atoms with Crippen LogP contribution >= 0.6 is 0 Å². The molecule has 0 saturated heterocycles. The number of ether oxygens (including phenoxy) is 1. The van der Waals surface area contributed by atoms with Gasteiger partial charge in [0, 0.05) is 38.0 Å². The molecule has 0 bridgehead atoms. The lowest BCUT2D eigenvalue weighted by atomic mass is 10.2. The number of anilines is 1. The number of hydrogen-bond acceptors (Lipinski definition) is 5. The minimum absolute atomic E-state index is 0.00816. The second-order valence-corrected chi connectivity index (χ2v) is 5.77. The first-order valence-corrected chi connectivity index (χ1v) is 8.01. The Balaban J connectivity index is 1.88. The van der Waals surface area contributed by atoms with Crippen LogP contribution in [0.3, 0.4) is 0 Å². The van der Waals surface area contributed by atoms with Gasteiger partial charge in [-0.25, -0.2) is 0 Å². The van der Waals surface area contributed by atoms with Gasteiger partial charge in [0.1, 0.15) is 5.75 Å². The Morgan fingerprint density at radius 1 is 1.11 bits per heavy atom. The lowest BCUT2D eigenvalue weighted by molar-refractivity contribution is -0.384. The zero-order valence-electron chi connectivity index (χ0n) is 14.9. The monoisotopic (exact) mass is 369 g/mol. The predicted octanol–water partition coefficient (Wildman–Crippen LogP) is 2.71. The van der Waals surface area contributed by atoms with Gasteiger partial charge in [0.25, 0.3) is 11.6 Å². The van der Waals surface area contributed by atoms with Gasteiger partial charge in [0.05, 0.1) is 4.92 Å². The Kier molecular flexibility index (Phi) is 6.65. The molecule has 2 amide bonds. The number of likely N-dealkylation sites (N-methyl/N-ethyl adjacent to an activating group) is 1. The van der Waals surface area contributed by atoms with Crippen molar-refractivity contribution in [1.29, 1.82) is 0 Å². The second kappa shape index (κ2) is 9.14. The summed E-state index contributed by atoms with van der Waals surface area (Å²) in [6, 6.07) is 12.5. The van der Waals surface area contributed by atoms with Gasteiger partial charge in [0.2, 0.25) is 5.91 Å². The van der Waals surface area contributed by atoms with Gasteiger partial charge in [-0.1, -0.05) is 0 Å². The highest BCUT2D eigenvalue weighted by Crippen LogP contribution is 2.16. The number of benzene rings is 2. The van der Waals surface area contributed by atoms with Crippen molar-refractivity contribution in [2.75, 3.05) is 26.0 Å². The number of non-ortho nitro benzene ring substituents is 1. The second-order valence-electron chi connectivity index (χ2n) is 5.77. The molecule has 1 N–H and O–H groups in total. The molecule has 2 aromatic rings. The Labute approximate surface area is 156 Å². The van der Waals surface area contributed by atoms with E-state index in [0.717, 1.165) is 0 Å². The molecule has 0 fully saturated rings. The lowest BCUT2D eigenvalue weighted by Gasteiger charge is -2.11. The third-order valence-corrected chi connectivity index (χ3v) is 3.51. The van der Waals surface area contributed by atoms with E-state index >= 15 is 0 Å². The van der Waals surface area contributed by atoms with E-state index in [4.69, 9.17) is 4.74 Å². The normalized spacial score (nSPS) is 10.4. The summed E-state index contributed by atoms with van der Waals surface area (Å²) in [6.45, 7) is -0.0588. The van der Waals surface area contributed by atoms with Crippen molar-refractivity contribution in [3.8, 4) is 5.75 Å². The number of hydrogen-bond donors (Lipinski definition) is 1. The molecule has 0 aromatic heterocycles. The van der Waals surface area contributed by atoms with E-state index < -0.39 is 4.92 Å². The average molecular weight is 369 g/mol. The molecule has 0 heterocycles. The summed E-state index contributed by atoms with van der Waals surface area (Å²) in [5.74, 6) is 0.0261. The molecule has 0 aliphatic heterocycles. The minimum Gasteiger partial charge on any atom is -0.484 e. The van der Waals surface area contributed by atoms with Crippen molar-refractivity contribution in [3.05, 3.63) is 70.3 Å². The fourth-order valence-electron chi connectivity index (χ4n) is 1.97. The van der Waals surface area contributed by atoms with E-state index in [1.807, 2.05) is 0 Å². The Morgan fingerprint density at radius 2 is 1.74 bits per heavy atom. The molecular weight excluding hydrogens is 350 g/mol. The number of rotatable bonds is 7. The van der Waals surface area contributed by atoms with Gasteiger partial charge in [-0.15, -0.1) is 0 Å². The molecule has 8 heteroatoms. The highest BCUT2D eigenvalue weighted by atomic mass is 16.6. The van der Waals surface area contributed by atoms with Crippen molar-refractivity contribution in [3.63, 3.8) is 0 Å². The third kappa shape index (κ3) is 6.28. The topological polar surface area (TPSA) is 102 Å². The smallest absolute Gasteiger partial charge is 0.269 e. The zero-order valence-corrected chi connectivity index (χ0v) is 14.9. The molecule has 27 heavy (non-hydrogen) atoms. The van der Waals surface area contributed by atoms with E-state index in [1.54, 1.807) is 56.6 Å². The summed E-state index contributed by atoms with van der Waals surface area (Å²) in [5.41, 5.74) is 1.23. The van der Waals surface area contributed by atoms with Crippen LogP contribution in [0.15, 0.2) is 54.6 Å². The fraction of sp³-hybridized carbons (Fsp3) is 0.158. The van der Waals surface area contributed by atoms with Crippen molar-refractivity contribution in [2.24, 2.45) is 0 Å². The van der Waals surface area contributed by atoms with Crippen LogP contribution in [0, 0.1) is 10.1 Å². The molecule has 0 spiro atoms. The molecule has 0 aliphatic carbocycles. The molecule has 2 rings (SSSR count). The number of carbonyl (C=O) groups excluding carboxylic acids is 2. The SMILES string of the molecule is CN(C)C(=O)COc1ccc(NC(=O)/C=C/c2ccc([N+](=O)[O-])cc2)cc1. The predicted molar refractivity (Wildman–Crippen MR) is 101 cm³/mol. The van der Waals surface area contributed by atoms with Crippen LogP contribution in [0.1, 0.15) is 5.56 Å². The first-order valence-electron chi connectivity index (χ1n) is 8.01. The van der Waals surface area contributed by atoms with Gasteiger partial charge in [-0.3, -0.25) is 19.7 Å². The van der Waals surface area contributed by atoms with E-state index in [9.17, 15) is 19.7 Å². The molecule has 0 unspecified atom stereocenters. The quantitative estimate of drug-likeness (QED) is 0.459. The summed E-state index contributed by atoms with van der Waals surface area (Å²) >= 11 is 0. The summed E-state index contributed by atoms with van der Waals surface area (Å²) in [7, 11) is 3.29. The maximum Gasteiger partial charge on any atom is 0.269 e. The number of amides is 2. The van der Waals surface area contributed by atoms with E-state index in [-0.39, 0.29) is 24.1 Å². The van der Waals surface area contributed by atoms with Crippen LogP contribution < -0.4 is 10.1 Å². The van der Waals surface area contributed by atoms with Gasteiger partial charge in [0.15, 0.2) is 6.61 Å². The van der Waals surface area contributed by atoms with Crippen molar-refractivity contribution >= 4 is 29.3 Å². The molecular formula is C19H19N3O5. The van der Waals surface area contributed by atoms with Gasteiger partial charge >= 0.3 is 0 Å². The highest BCUT2D eigenvalue weighted by Gasteiger charge is 2.05. The number of nitrogens with one attached hydrogen (secondary N) is 1. The Bertz CT molecular complexity index is 843. The average Bonchev–Trinajstić information content (AvgIpc) is 2.65. The number of nitrogens with zero attached hydrogens (tertiary/aromatic N) is 2. The summed E-state index contributed by atoms with van der Waals surface area (Å²) < 4.78 is 5.36. The maximum atomic E-state index is 11.9. The van der Waals surface area contributed by atoms with Crippen LogP contribution in [0.4, 0.5) is 11.4 Å². The van der Waals surface area contributed by atoms with Crippen molar-refractivity contribution in [1.82, 2.24) is 4.90 Å². The summed E-state index contributed by atoms with van der Waals surface area (Å²) in [6.07, 6.45) is 2.89. The van der Waals surface area contributed by atoms with E-state index in [2.05, 4.69) is 5.32 Å². The van der Waals surface area contributed by atoms with Gasteiger partial charge in [-0.05, 0) is 48.0 Å². The fourth-order valence-corrected chi connectivity index (χ4v) is 1.97. The third-order valence-electron chi connectivity index (χ3n) is 3.51. The molecule has 2 aromatic carbocycles. The summed E-state index contributed by atoms with van der Waals surface area (Å²) in [5, 5.41) is 13.3. The maximum absolute atomic E-state index is 11.9. The van der Waals surface area contributed by atoms with Crippen LogP contribution in [-0.4, -0.2) is 42.3 Å². The highest BCUT2D eigenvalue weighted by molar-refractivity contribution is 6.01. The molecule has 0 atom stereocenters. The van der Waals surface area contributed by atoms with Gasteiger partial charge in [-0.2, -0.15) is 0 Å². The van der Waals surface area contributed by atoms with Gasteiger partial charge < -0.3 is 15.0 Å². The number of nitro benzene ring substituents is 1. The summed E-state index contributed by atoms with van der Waals surface area (Å²) in [4.78, 5) is 35.0. The largest absolute Gasteiger partial charge is 0.484 e.